The molecule has 0 bridgehead atoms. The van der Waals surface area contributed by atoms with Crippen LogP contribution >= 0.6 is 0 Å². The van der Waals surface area contributed by atoms with Crippen LogP contribution in [0, 0.1) is 5.92 Å². The van der Waals surface area contributed by atoms with Gasteiger partial charge in [0.25, 0.3) is 0 Å². The van der Waals surface area contributed by atoms with Gasteiger partial charge in [-0.1, -0.05) is 32.9 Å². The predicted molar refractivity (Wildman–Crippen MR) is 44.9 cm³/mol. The molecule has 0 aromatic heterocycles. The maximum Gasteiger partial charge on any atom is 0.0597 e. The second kappa shape index (κ2) is 5.48. The zero-order valence-corrected chi connectivity index (χ0v) is 7.17. The SMILES string of the molecule is CCC=CCC(O)C(C)C. The Balaban J connectivity index is 3.38. The van der Waals surface area contributed by atoms with E-state index in [1.165, 1.54) is 0 Å². The van der Waals surface area contributed by atoms with E-state index >= 15 is 0 Å². The van der Waals surface area contributed by atoms with Crippen LogP contribution < -0.4 is 0 Å². The lowest BCUT2D eigenvalue weighted by atomic mass is 10.0. The Bertz CT molecular complexity index is 94.9. The molecule has 0 aliphatic carbocycles. The van der Waals surface area contributed by atoms with Crippen LogP contribution in [-0.2, 0) is 0 Å². The molecule has 0 heterocycles. The van der Waals surface area contributed by atoms with Crippen molar-refractivity contribution in [3.05, 3.63) is 12.2 Å². The number of allylic oxidation sites excluding steroid dienone is 1. The molecule has 1 atom stereocenters. The van der Waals surface area contributed by atoms with Crippen molar-refractivity contribution in [2.24, 2.45) is 5.92 Å². The Kier molecular flexibility index (Phi) is 5.32. The first-order valence-electron chi connectivity index (χ1n) is 4.01. The first-order valence-corrected chi connectivity index (χ1v) is 4.01. The Morgan fingerprint density at radius 3 is 2.30 bits per heavy atom. The number of aliphatic hydroxyl groups is 1. The molecule has 0 rings (SSSR count). The third-order valence-corrected chi connectivity index (χ3v) is 1.55. The number of hydrogen-bond acceptors (Lipinski definition) is 1. The molecule has 1 N–H and O–H groups in total. The number of hydrogen-bond donors (Lipinski definition) is 1. The fourth-order valence-corrected chi connectivity index (χ4v) is 0.674. The summed E-state index contributed by atoms with van der Waals surface area (Å²) in [7, 11) is 0. The van der Waals surface area contributed by atoms with E-state index in [9.17, 15) is 5.11 Å². The zero-order chi connectivity index (χ0) is 7.98. The second-order valence-corrected chi connectivity index (χ2v) is 2.93. The summed E-state index contributed by atoms with van der Waals surface area (Å²) in [6, 6.07) is 0. The molecule has 0 aliphatic rings. The lowest BCUT2D eigenvalue weighted by Gasteiger charge is -2.10. The van der Waals surface area contributed by atoms with Gasteiger partial charge in [0.2, 0.25) is 0 Å². The minimum Gasteiger partial charge on any atom is -0.393 e. The molecule has 10 heavy (non-hydrogen) atoms. The van der Waals surface area contributed by atoms with Crippen molar-refractivity contribution in [2.75, 3.05) is 0 Å². The molecule has 0 amide bonds. The Labute approximate surface area is 63.8 Å². The zero-order valence-electron chi connectivity index (χ0n) is 7.17. The molecule has 1 heteroatoms. The third kappa shape index (κ3) is 4.57. The number of rotatable bonds is 4. The van der Waals surface area contributed by atoms with Crippen molar-refractivity contribution < 1.29 is 5.11 Å². The van der Waals surface area contributed by atoms with E-state index in [-0.39, 0.29) is 6.10 Å². The molecular formula is C9H18O. The Hall–Kier alpha value is -0.300. The van der Waals surface area contributed by atoms with Gasteiger partial charge in [-0.3, -0.25) is 0 Å². The van der Waals surface area contributed by atoms with Crippen molar-refractivity contribution in [1.29, 1.82) is 0 Å². The largest absolute Gasteiger partial charge is 0.393 e. The first-order chi connectivity index (χ1) is 4.68. The lowest BCUT2D eigenvalue weighted by Crippen LogP contribution is -2.12. The summed E-state index contributed by atoms with van der Waals surface area (Å²) in [5.74, 6) is 0.376. The van der Waals surface area contributed by atoms with Crippen LogP contribution in [0.5, 0.6) is 0 Å². The van der Waals surface area contributed by atoms with Crippen molar-refractivity contribution in [3.63, 3.8) is 0 Å². The molecule has 0 fully saturated rings. The summed E-state index contributed by atoms with van der Waals surface area (Å²) in [5.41, 5.74) is 0. The fraction of sp³-hybridized carbons (Fsp3) is 0.778. The van der Waals surface area contributed by atoms with Crippen molar-refractivity contribution >= 4 is 0 Å². The number of aliphatic hydroxyl groups excluding tert-OH is 1. The van der Waals surface area contributed by atoms with E-state index in [1.54, 1.807) is 0 Å². The smallest absolute Gasteiger partial charge is 0.0597 e. The highest BCUT2D eigenvalue weighted by Gasteiger charge is 2.05. The minimum atomic E-state index is -0.164. The van der Waals surface area contributed by atoms with E-state index in [4.69, 9.17) is 0 Å². The topological polar surface area (TPSA) is 20.2 Å². The fourth-order valence-electron chi connectivity index (χ4n) is 0.674. The van der Waals surface area contributed by atoms with Gasteiger partial charge in [-0.15, -0.1) is 0 Å². The van der Waals surface area contributed by atoms with E-state index < -0.39 is 0 Å². The summed E-state index contributed by atoms with van der Waals surface area (Å²) < 4.78 is 0. The molecule has 1 nitrogen and oxygen atoms in total. The van der Waals surface area contributed by atoms with E-state index in [2.05, 4.69) is 13.0 Å². The van der Waals surface area contributed by atoms with E-state index in [0.29, 0.717) is 5.92 Å². The van der Waals surface area contributed by atoms with Gasteiger partial charge < -0.3 is 5.11 Å². The molecule has 0 aromatic rings. The molecule has 1 unspecified atom stereocenters. The molecule has 0 aromatic carbocycles. The molecule has 0 saturated heterocycles. The van der Waals surface area contributed by atoms with Gasteiger partial charge in [0.15, 0.2) is 0 Å². The van der Waals surface area contributed by atoms with Crippen LogP contribution in [0.4, 0.5) is 0 Å². The van der Waals surface area contributed by atoms with Crippen molar-refractivity contribution in [3.8, 4) is 0 Å². The van der Waals surface area contributed by atoms with Crippen LogP contribution in [0.25, 0.3) is 0 Å². The van der Waals surface area contributed by atoms with Crippen molar-refractivity contribution in [2.45, 2.75) is 39.7 Å². The normalized spacial score (nSPS) is 14.9. The van der Waals surface area contributed by atoms with Gasteiger partial charge in [-0.05, 0) is 18.8 Å². The van der Waals surface area contributed by atoms with E-state index in [1.807, 2.05) is 19.9 Å². The molecule has 60 valence electrons. The standard InChI is InChI=1S/C9H18O/c1-4-5-6-7-9(10)8(2)3/h5-6,8-10H,4,7H2,1-3H3. The summed E-state index contributed by atoms with van der Waals surface area (Å²) in [5, 5.41) is 9.30. The minimum absolute atomic E-state index is 0.164. The van der Waals surface area contributed by atoms with Gasteiger partial charge in [0, 0.05) is 0 Å². The van der Waals surface area contributed by atoms with Gasteiger partial charge in [0.05, 0.1) is 6.10 Å². The van der Waals surface area contributed by atoms with Gasteiger partial charge in [-0.2, -0.15) is 0 Å². The highest BCUT2D eigenvalue weighted by molar-refractivity contribution is 4.83. The quantitative estimate of drug-likeness (QED) is 0.597. The van der Waals surface area contributed by atoms with Gasteiger partial charge in [0.1, 0.15) is 0 Å². The maximum absolute atomic E-state index is 9.30. The Morgan fingerprint density at radius 1 is 1.30 bits per heavy atom. The molecule has 0 aliphatic heterocycles. The predicted octanol–water partition coefficient (Wildman–Crippen LogP) is 2.36. The van der Waals surface area contributed by atoms with Crippen LogP contribution in [0.1, 0.15) is 33.6 Å². The molecule has 0 radical (unpaired) electrons. The van der Waals surface area contributed by atoms with Crippen molar-refractivity contribution in [1.82, 2.24) is 0 Å². The average molecular weight is 142 g/mol. The monoisotopic (exact) mass is 142 g/mol. The van der Waals surface area contributed by atoms with Crippen LogP contribution in [0.15, 0.2) is 12.2 Å². The first kappa shape index (κ1) is 9.70. The molecular weight excluding hydrogens is 124 g/mol. The van der Waals surface area contributed by atoms with Crippen LogP contribution in [-0.4, -0.2) is 11.2 Å². The molecule has 0 saturated carbocycles. The van der Waals surface area contributed by atoms with Crippen LogP contribution in [0.3, 0.4) is 0 Å². The molecule has 0 spiro atoms. The van der Waals surface area contributed by atoms with Gasteiger partial charge in [-0.25, -0.2) is 0 Å². The lowest BCUT2D eigenvalue weighted by molar-refractivity contribution is 0.128. The maximum atomic E-state index is 9.30. The summed E-state index contributed by atoms with van der Waals surface area (Å²) >= 11 is 0. The third-order valence-electron chi connectivity index (χ3n) is 1.55. The highest BCUT2D eigenvalue weighted by Crippen LogP contribution is 2.05. The average Bonchev–Trinajstić information content (AvgIpc) is 1.88. The summed E-state index contributed by atoms with van der Waals surface area (Å²) in [6.07, 6.45) is 5.83. The van der Waals surface area contributed by atoms with Gasteiger partial charge >= 0.3 is 0 Å². The highest BCUT2D eigenvalue weighted by atomic mass is 16.3. The van der Waals surface area contributed by atoms with E-state index in [0.717, 1.165) is 12.8 Å². The summed E-state index contributed by atoms with van der Waals surface area (Å²) in [4.78, 5) is 0. The summed E-state index contributed by atoms with van der Waals surface area (Å²) in [6.45, 7) is 6.16. The Morgan fingerprint density at radius 2 is 1.90 bits per heavy atom. The van der Waals surface area contributed by atoms with Crippen LogP contribution in [0.2, 0.25) is 0 Å². The second-order valence-electron chi connectivity index (χ2n) is 2.93.